The number of aliphatic hydroxyl groups is 1. The molecule has 3 heterocycles. The van der Waals surface area contributed by atoms with Crippen LogP contribution in [0.1, 0.15) is 53.4 Å². The van der Waals surface area contributed by atoms with E-state index in [1.807, 2.05) is 40.0 Å². The summed E-state index contributed by atoms with van der Waals surface area (Å²) < 4.78 is 6.17. The summed E-state index contributed by atoms with van der Waals surface area (Å²) in [4.78, 5) is 16.5. The van der Waals surface area contributed by atoms with Gasteiger partial charge >= 0.3 is 0 Å². The van der Waals surface area contributed by atoms with Gasteiger partial charge in [0.15, 0.2) is 5.78 Å². The van der Waals surface area contributed by atoms with E-state index in [2.05, 4.69) is 67.7 Å². The van der Waals surface area contributed by atoms with E-state index in [4.69, 9.17) is 9.40 Å². The van der Waals surface area contributed by atoms with Gasteiger partial charge in [-0.3, -0.25) is 4.79 Å². The van der Waals surface area contributed by atoms with Crippen molar-refractivity contribution in [2.24, 2.45) is 11.8 Å². The summed E-state index contributed by atoms with van der Waals surface area (Å²) in [6.45, 7) is 12.9. The van der Waals surface area contributed by atoms with Gasteiger partial charge < -0.3 is 14.5 Å². The molecule has 2 aromatic heterocycles. The molecule has 0 amide bonds. The summed E-state index contributed by atoms with van der Waals surface area (Å²) in [5.74, 6) is 0.547. The van der Waals surface area contributed by atoms with E-state index in [9.17, 15) is 9.90 Å². The molecule has 0 saturated carbocycles. The van der Waals surface area contributed by atoms with Crippen molar-refractivity contribution >= 4 is 56.9 Å². The van der Waals surface area contributed by atoms with Crippen molar-refractivity contribution < 1.29 is 34.4 Å². The molecule has 6 rings (SSSR count). The molecule has 3 aromatic carbocycles. The van der Waals surface area contributed by atoms with Crippen molar-refractivity contribution in [2.45, 2.75) is 66.5 Å². The van der Waals surface area contributed by atoms with Crippen LogP contribution in [-0.4, -0.2) is 23.9 Å². The standard InChI is InChI=1S/C23H16NOSi.C13H24O2.Ir/c1-26(2)19-9-5-8-17-20(19)21-18(25-17)12-13-24-22(21)16-11-10-14-6-3-4-7-15(14)23(16)26;1-5-10(6-2)12(14)9-13(15)11(7-3)8-4;/h3-10,12-13H,1-2H3;9-11,14H,5-8H2,1-4H3;/q-1;;/b;12-9-;. The number of pyridine rings is 1. The number of carbonyl (C=O) groups excluding carboxylic acids is 1. The topological polar surface area (TPSA) is 63.3 Å². The van der Waals surface area contributed by atoms with Crippen LogP contribution in [0.4, 0.5) is 0 Å². The first-order valence-corrected chi connectivity index (χ1v) is 18.0. The van der Waals surface area contributed by atoms with E-state index in [1.54, 1.807) is 0 Å². The molecule has 0 unspecified atom stereocenters. The number of hydrogen-bond donors (Lipinski definition) is 1. The Hall–Kier alpha value is -3.05. The summed E-state index contributed by atoms with van der Waals surface area (Å²) >= 11 is 0. The van der Waals surface area contributed by atoms with Crippen molar-refractivity contribution in [2.75, 3.05) is 0 Å². The molecule has 42 heavy (non-hydrogen) atoms. The molecule has 0 atom stereocenters. The van der Waals surface area contributed by atoms with E-state index < -0.39 is 8.07 Å². The van der Waals surface area contributed by atoms with Crippen LogP contribution in [0.25, 0.3) is 44.0 Å². The number of rotatable bonds is 7. The molecule has 1 aliphatic rings. The van der Waals surface area contributed by atoms with E-state index in [0.29, 0.717) is 0 Å². The molecule has 0 saturated heterocycles. The maximum atomic E-state index is 11.7. The van der Waals surface area contributed by atoms with Gasteiger partial charge in [0.1, 0.15) is 11.2 Å². The Kier molecular flexibility index (Phi) is 9.92. The average molecular weight is 755 g/mol. The van der Waals surface area contributed by atoms with Gasteiger partial charge in [0.2, 0.25) is 0 Å². The quantitative estimate of drug-likeness (QED) is 0.0783. The average Bonchev–Trinajstić information content (AvgIpc) is 3.33. The third kappa shape index (κ3) is 5.53. The molecule has 221 valence electrons. The molecule has 1 aliphatic heterocycles. The zero-order valence-electron chi connectivity index (χ0n) is 25.4. The van der Waals surface area contributed by atoms with Crippen LogP contribution in [0, 0.1) is 17.9 Å². The predicted molar refractivity (Wildman–Crippen MR) is 174 cm³/mol. The number of aliphatic hydroxyl groups excluding tert-OH is 1. The second kappa shape index (κ2) is 13.1. The minimum atomic E-state index is -1.99. The number of aromatic nitrogens is 1. The van der Waals surface area contributed by atoms with Crippen LogP contribution in [0.3, 0.4) is 0 Å². The second-order valence-corrected chi connectivity index (χ2v) is 15.9. The first-order valence-electron chi connectivity index (χ1n) is 15.0. The second-order valence-electron chi connectivity index (χ2n) is 11.6. The van der Waals surface area contributed by atoms with Gasteiger partial charge in [-0.25, -0.2) is 0 Å². The van der Waals surface area contributed by atoms with Crippen LogP contribution in [0.2, 0.25) is 13.1 Å². The summed E-state index contributed by atoms with van der Waals surface area (Å²) in [5, 5.41) is 17.6. The zero-order chi connectivity index (χ0) is 29.3. The summed E-state index contributed by atoms with van der Waals surface area (Å²) in [6.07, 6.45) is 6.76. The van der Waals surface area contributed by atoms with Gasteiger partial charge in [0.25, 0.3) is 0 Å². The summed E-state index contributed by atoms with van der Waals surface area (Å²) in [5.41, 5.74) is 4.03. The molecular formula is C36H40IrNO3Si-. The molecular weight excluding hydrogens is 715 g/mol. The van der Waals surface area contributed by atoms with Crippen molar-refractivity contribution in [3.05, 3.63) is 78.7 Å². The van der Waals surface area contributed by atoms with Crippen molar-refractivity contribution in [1.82, 2.24) is 4.98 Å². The Morgan fingerprint density at radius 3 is 2.29 bits per heavy atom. The number of nitrogens with zero attached hydrogens (tertiary/aromatic N) is 1. The Balaban J connectivity index is 0.000000221. The molecule has 4 nitrogen and oxygen atoms in total. The van der Waals surface area contributed by atoms with Gasteiger partial charge in [-0.05, 0) is 43.5 Å². The van der Waals surface area contributed by atoms with E-state index in [0.717, 1.165) is 53.5 Å². The molecule has 5 aromatic rings. The number of carbonyl (C=O) groups is 1. The van der Waals surface area contributed by atoms with Crippen LogP contribution in [0.5, 0.6) is 0 Å². The Morgan fingerprint density at radius 1 is 0.929 bits per heavy atom. The SMILES string of the molecule is CCC(CC)C(=O)/C=C(\O)C(CC)CC.C[Si]1(C)c2c([c-]cc3ccccc23)-c2nccc3oc4cccc1c4c23.[Ir]. The third-order valence-electron chi connectivity index (χ3n) is 8.88. The fourth-order valence-electron chi connectivity index (χ4n) is 6.43. The van der Waals surface area contributed by atoms with E-state index >= 15 is 0 Å². The molecule has 0 spiro atoms. The first-order chi connectivity index (χ1) is 19.8. The van der Waals surface area contributed by atoms with Crippen LogP contribution in [0.15, 0.2) is 77.0 Å². The summed E-state index contributed by atoms with van der Waals surface area (Å²) in [6, 6.07) is 22.8. The summed E-state index contributed by atoms with van der Waals surface area (Å²) in [7, 11) is -1.99. The monoisotopic (exact) mass is 755 g/mol. The van der Waals surface area contributed by atoms with Crippen LogP contribution >= 0.6 is 0 Å². The van der Waals surface area contributed by atoms with E-state index in [-0.39, 0.29) is 43.5 Å². The predicted octanol–water partition coefficient (Wildman–Crippen LogP) is 8.60. The maximum Gasteiger partial charge on any atom is 0.162 e. The largest absolute Gasteiger partial charge is 0.512 e. The molecule has 0 fully saturated rings. The number of ketones is 1. The van der Waals surface area contributed by atoms with Crippen molar-refractivity contribution in [1.29, 1.82) is 0 Å². The van der Waals surface area contributed by atoms with E-state index in [1.165, 1.54) is 32.6 Å². The molecule has 6 heteroatoms. The Labute approximate surface area is 263 Å². The molecule has 0 aliphatic carbocycles. The zero-order valence-corrected chi connectivity index (χ0v) is 28.8. The van der Waals surface area contributed by atoms with Crippen molar-refractivity contribution in [3.8, 4) is 11.3 Å². The number of benzene rings is 3. The number of hydrogen-bond acceptors (Lipinski definition) is 4. The minimum Gasteiger partial charge on any atom is -0.512 e. The van der Waals surface area contributed by atoms with Crippen molar-refractivity contribution in [3.63, 3.8) is 0 Å². The first kappa shape index (κ1) is 31.9. The Bertz CT molecular complexity index is 1760. The van der Waals surface area contributed by atoms with Gasteiger partial charge in [0.05, 0.1) is 13.8 Å². The third-order valence-corrected chi connectivity index (χ3v) is 12.4. The van der Waals surface area contributed by atoms with Gasteiger partial charge in [0, 0.05) is 55.0 Å². The maximum absolute atomic E-state index is 11.7. The number of furan rings is 1. The molecule has 1 N–H and O–H groups in total. The minimum absolute atomic E-state index is 0. The normalized spacial score (nSPS) is 13.7. The van der Waals surface area contributed by atoms with Gasteiger partial charge in [-0.1, -0.05) is 93.1 Å². The molecule has 1 radical (unpaired) electrons. The fraction of sp³-hybridized carbons (Fsp3) is 0.333. The smallest absolute Gasteiger partial charge is 0.162 e. The number of allylic oxidation sites excluding steroid dienone is 2. The molecule has 0 bridgehead atoms. The fourth-order valence-corrected chi connectivity index (χ4v) is 9.80. The Morgan fingerprint density at radius 2 is 1.60 bits per heavy atom. The number of fused-ring (bicyclic) bond motifs is 4. The van der Waals surface area contributed by atoms with Gasteiger partial charge in [-0.15, -0.1) is 22.9 Å². The van der Waals surface area contributed by atoms with Crippen LogP contribution < -0.4 is 10.4 Å². The van der Waals surface area contributed by atoms with Gasteiger partial charge in [-0.2, -0.15) is 0 Å². The van der Waals surface area contributed by atoms with Crippen LogP contribution in [-0.2, 0) is 24.9 Å².